The van der Waals surface area contributed by atoms with Crippen LogP contribution in [0.5, 0.6) is 0 Å². The van der Waals surface area contributed by atoms with E-state index in [-0.39, 0.29) is 11.4 Å². The molecule has 1 heterocycles. The van der Waals surface area contributed by atoms with Gasteiger partial charge in [-0.15, -0.1) is 0 Å². The Morgan fingerprint density at radius 1 is 1.41 bits per heavy atom. The third kappa shape index (κ3) is 6.01. The summed E-state index contributed by atoms with van der Waals surface area (Å²) in [5.74, 6) is 1.20. The number of nitrogens with one attached hydrogen (secondary N) is 2. The summed E-state index contributed by atoms with van der Waals surface area (Å²) in [6.45, 7) is 8.56. The summed E-state index contributed by atoms with van der Waals surface area (Å²) in [5, 5.41) is 9.58. The molecule has 0 saturated heterocycles. The van der Waals surface area contributed by atoms with Crippen molar-refractivity contribution in [3.8, 4) is 0 Å². The number of carbonyl (C=O) groups excluding carboxylic acids is 1. The Bertz CT molecular complexity index is 368. The van der Waals surface area contributed by atoms with Crippen LogP contribution in [0.3, 0.4) is 0 Å². The van der Waals surface area contributed by atoms with E-state index in [9.17, 15) is 4.79 Å². The van der Waals surface area contributed by atoms with E-state index in [1.165, 1.54) is 0 Å². The molecule has 0 atom stereocenters. The van der Waals surface area contributed by atoms with Gasteiger partial charge in [-0.1, -0.05) is 5.16 Å². The molecule has 0 radical (unpaired) electrons. The van der Waals surface area contributed by atoms with Crippen molar-refractivity contribution in [3.05, 3.63) is 11.7 Å². The quantitative estimate of drug-likeness (QED) is 0.729. The molecule has 1 amide bonds. The average molecular weight is 240 g/mol. The monoisotopic (exact) mass is 240 g/mol. The lowest BCUT2D eigenvalue weighted by atomic mass is 10.1. The van der Waals surface area contributed by atoms with E-state index < -0.39 is 0 Å². The maximum Gasteiger partial charge on any atom is 0.234 e. The van der Waals surface area contributed by atoms with E-state index in [4.69, 9.17) is 4.52 Å². The molecule has 0 aliphatic heterocycles. The van der Waals surface area contributed by atoms with Gasteiger partial charge in [0, 0.05) is 18.5 Å². The van der Waals surface area contributed by atoms with Gasteiger partial charge in [0.2, 0.25) is 11.8 Å². The molecule has 0 aliphatic carbocycles. The molecule has 1 rings (SSSR count). The van der Waals surface area contributed by atoms with Crippen LogP contribution in [0.15, 0.2) is 4.52 Å². The Labute approximate surface area is 101 Å². The first-order valence-electron chi connectivity index (χ1n) is 5.68. The van der Waals surface area contributed by atoms with E-state index in [0.29, 0.717) is 31.2 Å². The van der Waals surface area contributed by atoms with Crippen LogP contribution in [0.25, 0.3) is 0 Å². The molecule has 0 aliphatic rings. The molecule has 6 heteroatoms. The number of aryl methyl sites for hydroxylation is 1. The molecule has 0 bridgehead atoms. The van der Waals surface area contributed by atoms with Gasteiger partial charge >= 0.3 is 0 Å². The van der Waals surface area contributed by atoms with Crippen molar-refractivity contribution in [1.29, 1.82) is 0 Å². The number of aromatic nitrogens is 2. The van der Waals surface area contributed by atoms with E-state index in [0.717, 1.165) is 0 Å². The first-order valence-corrected chi connectivity index (χ1v) is 5.68. The van der Waals surface area contributed by atoms with Crippen LogP contribution in [-0.2, 0) is 11.2 Å². The molecular weight excluding hydrogens is 220 g/mol. The summed E-state index contributed by atoms with van der Waals surface area (Å²) in [7, 11) is 0. The Kier molecular flexibility index (Phi) is 4.62. The fourth-order valence-electron chi connectivity index (χ4n) is 1.30. The molecule has 1 aromatic rings. The van der Waals surface area contributed by atoms with Gasteiger partial charge in [-0.25, -0.2) is 0 Å². The minimum atomic E-state index is -0.192. The fraction of sp³-hybridized carbons (Fsp3) is 0.727. The molecule has 1 aromatic heterocycles. The largest absolute Gasteiger partial charge is 0.350 e. The van der Waals surface area contributed by atoms with Crippen molar-refractivity contribution in [2.24, 2.45) is 0 Å². The van der Waals surface area contributed by atoms with Gasteiger partial charge in [-0.3, -0.25) is 4.79 Å². The van der Waals surface area contributed by atoms with Crippen molar-refractivity contribution in [2.75, 3.05) is 13.1 Å². The Hall–Kier alpha value is -1.43. The Morgan fingerprint density at radius 2 is 2.12 bits per heavy atom. The van der Waals surface area contributed by atoms with Crippen LogP contribution >= 0.6 is 0 Å². The van der Waals surface area contributed by atoms with Gasteiger partial charge in [0.15, 0.2) is 5.82 Å². The van der Waals surface area contributed by atoms with Gasteiger partial charge < -0.3 is 15.2 Å². The van der Waals surface area contributed by atoms with Crippen LogP contribution < -0.4 is 10.6 Å². The molecule has 0 saturated carbocycles. The summed E-state index contributed by atoms with van der Waals surface area (Å²) in [5.41, 5.74) is -0.192. The summed E-state index contributed by atoms with van der Waals surface area (Å²) < 4.78 is 4.95. The minimum absolute atomic E-state index is 0.0146. The molecule has 0 unspecified atom stereocenters. The second-order valence-electron chi connectivity index (χ2n) is 4.96. The number of hydrogen-bond donors (Lipinski definition) is 2. The molecule has 0 spiro atoms. The second-order valence-corrected chi connectivity index (χ2v) is 4.96. The highest BCUT2D eigenvalue weighted by Crippen LogP contribution is 1.97. The fourth-order valence-corrected chi connectivity index (χ4v) is 1.30. The molecule has 17 heavy (non-hydrogen) atoms. The van der Waals surface area contributed by atoms with Crippen LogP contribution in [0.4, 0.5) is 0 Å². The third-order valence-electron chi connectivity index (χ3n) is 1.89. The van der Waals surface area contributed by atoms with Crippen LogP contribution in [0.1, 0.15) is 32.5 Å². The zero-order valence-corrected chi connectivity index (χ0v) is 10.8. The highest BCUT2D eigenvalue weighted by Gasteiger charge is 2.12. The number of carbonyl (C=O) groups is 1. The van der Waals surface area contributed by atoms with Crippen molar-refractivity contribution in [1.82, 2.24) is 20.8 Å². The van der Waals surface area contributed by atoms with Gasteiger partial charge in [0.1, 0.15) is 0 Å². The van der Waals surface area contributed by atoms with Crippen molar-refractivity contribution < 1.29 is 9.32 Å². The first-order chi connectivity index (χ1) is 7.87. The second kappa shape index (κ2) is 5.77. The highest BCUT2D eigenvalue weighted by atomic mass is 16.5. The zero-order valence-electron chi connectivity index (χ0n) is 10.8. The lowest BCUT2D eigenvalue weighted by molar-refractivity contribution is -0.121. The standard InChI is InChI=1S/C11H20N4O2/c1-8-13-10(17-15-8)5-6-12-7-9(16)14-11(2,3)4/h12H,5-7H2,1-4H3,(H,14,16). The summed E-state index contributed by atoms with van der Waals surface area (Å²) in [4.78, 5) is 15.5. The maximum absolute atomic E-state index is 11.4. The molecular formula is C11H20N4O2. The number of nitrogens with zero attached hydrogens (tertiary/aromatic N) is 2. The minimum Gasteiger partial charge on any atom is -0.350 e. The van der Waals surface area contributed by atoms with Gasteiger partial charge in [-0.05, 0) is 27.7 Å². The highest BCUT2D eigenvalue weighted by molar-refractivity contribution is 5.78. The van der Waals surface area contributed by atoms with Gasteiger partial charge in [0.25, 0.3) is 0 Å². The van der Waals surface area contributed by atoms with Crippen molar-refractivity contribution in [2.45, 2.75) is 39.7 Å². The smallest absolute Gasteiger partial charge is 0.234 e. The van der Waals surface area contributed by atoms with Gasteiger partial charge in [-0.2, -0.15) is 4.98 Å². The van der Waals surface area contributed by atoms with Crippen molar-refractivity contribution in [3.63, 3.8) is 0 Å². The van der Waals surface area contributed by atoms with Crippen molar-refractivity contribution >= 4 is 5.91 Å². The van der Waals surface area contributed by atoms with E-state index >= 15 is 0 Å². The summed E-state index contributed by atoms with van der Waals surface area (Å²) >= 11 is 0. The Balaban J connectivity index is 2.14. The number of hydrogen-bond acceptors (Lipinski definition) is 5. The zero-order chi connectivity index (χ0) is 12.9. The average Bonchev–Trinajstić information content (AvgIpc) is 2.56. The summed E-state index contributed by atoms with van der Waals surface area (Å²) in [6, 6.07) is 0. The third-order valence-corrected chi connectivity index (χ3v) is 1.89. The molecule has 0 fully saturated rings. The lowest BCUT2D eigenvalue weighted by Crippen LogP contribution is -2.45. The molecule has 96 valence electrons. The Morgan fingerprint density at radius 3 is 2.65 bits per heavy atom. The van der Waals surface area contributed by atoms with Crippen LogP contribution in [0.2, 0.25) is 0 Å². The summed E-state index contributed by atoms with van der Waals surface area (Å²) in [6.07, 6.45) is 0.629. The first kappa shape index (κ1) is 13.6. The SMILES string of the molecule is Cc1noc(CCNCC(=O)NC(C)(C)C)n1. The predicted octanol–water partition coefficient (Wildman–Crippen LogP) is 0.425. The maximum atomic E-state index is 11.4. The van der Waals surface area contributed by atoms with E-state index in [2.05, 4.69) is 20.8 Å². The van der Waals surface area contributed by atoms with E-state index in [1.54, 1.807) is 6.92 Å². The van der Waals surface area contributed by atoms with Gasteiger partial charge in [0.05, 0.1) is 6.54 Å². The van der Waals surface area contributed by atoms with Crippen LogP contribution in [0, 0.1) is 6.92 Å². The lowest BCUT2D eigenvalue weighted by Gasteiger charge is -2.20. The predicted molar refractivity (Wildman–Crippen MR) is 63.5 cm³/mol. The molecule has 6 nitrogen and oxygen atoms in total. The normalized spacial score (nSPS) is 11.5. The number of amides is 1. The molecule has 2 N–H and O–H groups in total. The van der Waals surface area contributed by atoms with Crippen LogP contribution in [-0.4, -0.2) is 34.7 Å². The van der Waals surface area contributed by atoms with E-state index in [1.807, 2.05) is 20.8 Å². The topological polar surface area (TPSA) is 80.0 Å². The number of rotatable bonds is 5. The molecule has 0 aromatic carbocycles.